The Morgan fingerprint density at radius 3 is 2.74 bits per heavy atom. The molecule has 0 saturated carbocycles. The highest BCUT2D eigenvalue weighted by molar-refractivity contribution is 7.89. The highest BCUT2D eigenvalue weighted by atomic mass is 32.2. The van der Waals surface area contributed by atoms with Gasteiger partial charge in [0, 0.05) is 25.7 Å². The van der Waals surface area contributed by atoms with Gasteiger partial charge in [-0.2, -0.15) is 9.40 Å². The smallest absolute Gasteiger partial charge is 0.307 e. The molecule has 1 unspecified atom stereocenters. The van der Waals surface area contributed by atoms with Crippen LogP contribution in [0.1, 0.15) is 18.4 Å². The molecule has 0 amide bonds. The fourth-order valence-corrected chi connectivity index (χ4v) is 4.22. The van der Waals surface area contributed by atoms with E-state index in [2.05, 4.69) is 5.10 Å². The van der Waals surface area contributed by atoms with E-state index in [1.165, 1.54) is 15.2 Å². The number of nitrogens with zero attached hydrogens (tertiary/aromatic N) is 3. The second kappa shape index (κ2) is 4.93. The number of aryl methyl sites for hydroxylation is 2. The molecule has 0 aliphatic carbocycles. The van der Waals surface area contributed by atoms with Crippen LogP contribution in [0.5, 0.6) is 0 Å². The van der Waals surface area contributed by atoms with Crippen LogP contribution in [0.3, 0.4) is 0 Å². The van der Waals surface area contributed by atoms with Crippen molar-refractivity contribution in [3.05, 3.63) is 11.8 Å². The van der Waals surface area contributed by atoms with Crippen molar-refractivity contribution in [2.45, 2.75) is 24.8 Å². The summed E-state index contributed by atoms with van der Waals surface area (Å²) in [5, 5.41) is 13.1. The summed E-state index contributed by atoms with van der Waals surface area (Å²) in [6, 6.07) is 0. The van der Waals surface area contributed by atoms with Gasteiger partial charge < -0.3 is 5.11 Å². The summed E-state index contributed by atoms with van der Waals surface area (Å²) < 4.78 is 27.6. The first kappa shape index (κ1) is 14.0. The summed E-state index contributed by atoms with van der Waals surface area (Å²) >= 11 is 0. The van der Waals surface area contributed by atoms with E-state index in [1.54, 1.807) is 14.0 Å². The van der Waals surface area contributed by atoms with Crippen LogP contribution in [-0.4, -0.2) is 46.7 Å². The molecule has 0 radical (unpaired) electrons. The topological polar surface area (TPSA) is 92.5 Å². The zero-order chi connectivity index (χ0) is 14.2. The number of carbonyl (C=O) groups is 1. The lowest BCUT2D eigenvalue weighted by Crippen LogP contribution is -2.42. The first-order valence-corrected chi connectivity index (χ1v) is 7.49. The average molecular weight is 287 g/mol. The van der Waals surface area contributed by atoms with E-state index in [0.29, 0.717) is 24.9 Å². The molecule has 1 fully saturated rings. The Hall–Kier alpha value is -1.41. The lowest BCUT2D eigenvalue weighted by molar-refractivity contribution is -0.142. The van der Waals surface area contributed by atoms with E-state index in [0.717, 1.165) is 0 Å². The summed E-state index contributed by atoms with van der Waals surface area (Å²) in [5.74, 6) is -1.57. The van der Waals surface area contributed by atoms with Gasteiger partial charge in [-0.3, -0.25) is 9.48 Å². The number of carboxylic acid groups (broad SMARTS) is 1. The molecule has 1 aromatic heterocycles. The molecule has 1 saturated heterocycles. The minimum Gasteiger partial charge on any atom is -0.481 e. The Labute approximate surface area is 111 Å². The standard InChI is InChI=1S/C11H17N3O4S/c1-8-6-12-13(2)10(8)19(17,18)14-5-3-4-9(7-14)11(15)16/h6,9H,3-5,7H2,1-2H3,(H,15,16). The van der Waals surface area contributed by atoms with Crippen LogP contribution in [0.4, 0.5) is 0 Å². The number of aromatic nitrogens is 2. The van der Waals surface area contributed by atoms with Crippen LogP contribution < -0.4 is 0 Å². The average Bonchev–Trinajstić information content (AvgIpc) is 2.69. The van der Waals surface area contributed by atoms with Crippen LogP contribution in [0.15, 0.2) is 11.2 Å². The van der Waals surface area contributed by atoms with Crippen molar-refractivity contribution < 1.29 is 18.3 Å². The minimum atomic E-state index is -3.68. The third-order valence-corrected chi connectivity index (χ3v) is 5.46. The molecule has 0 aromatic carbocycles. The Morgan fingerprint density at radius 2 is 2.21 bits per heavy atom. The summed E-state index contributed by atoms with van der Waals surface area (Å²) in [7, 11) is -2.11. The maximum absolute atomic E-state index is 12.5. The molecule has 0 spiro atoms. The normalized spacial score (nSPS) is 21.5. The van der Waals surface area contributed by atoms with Crippen molar-refractivity contribution in [2.24, 2.45) is 13.0 Å². The maximum atomic E-state index is 12.5. The van der Waals surface area contributed by atoms with Gasteiger partial charge in [-0.05, 0) is 19.8 Å². The molecule has 0 bridgehead atoms. The van der Waals surface area contributed by atoms with Crippen molar-refractivity contribution in [1.29, 1.82) is 0 Å². The first-order chi connectivity index (χ1) is 8.84. The molecule has 1 aliphatic heterocycles. The second-order valence-electron chi connectivity index (χ2n) is 4.80. The van der Waals surface area contributed by atoms with Gasteiger partial charge >= 0.3 is 5.97 Å². The van der Waals surface area contributed by atoms with Gasteiger partial charge in [0.2, 0.25) is 0 Å². The predicted molar refractivity (Wildman–Crippen MR) is 67.1 cm³/mol. The van der Waals surface area contributed by atoms with Gasteiger partial charge in [-0.25, -0.2) is 8.42 Å². The molecular formula is C11H17N3O4S. The van der Waals surface area contributed by atoms with Gasteiger partial charge in [0.25, 0.3) is 10.0 Å². The van der Waals surface area contributed by atoms with Crippen molar-refractivity contribution >= 4 is 16.0 Å². The van der Waals surface area contributed by atoms with E-state index in [-0.39, 0.29) is 11.6 Å². The number of rotatable bonds is 3. The molecule has 1 N–H and O–H groups in total. The maximum Gasteiger partial charge on any atom is 0.307 e. The van der Waals surface area contributed by atoms with Crippen LogP contribution in [0, 0.1) is 12.8 Å². The van der Waals surface area contributed by atoms with Crippen molar-refractivity contribution in [3.8, 4) is 0 Å². The van der Waals surface area contributed by atoms with Gasteiger partial charge in [-0.1, -0.05) is 0 Å². The fraction of sp³-hybridized carbons (Fsp3) is 0.636. The van der Waals surface area contributed by atoms with Gasteiger partial charge in [0.15, 0.2) is 5.03 Å². The lowest BCUT2D eigenvalue weighted by atomic mass is 10.0. The zero-order valence-corrected chi connectivity index (χ0v) is 11.7. The molecule has 1 atom stereocenters. The van der Waals surface area contributed by atoms with Crippen LogP contribution in [0.25, 0.3) is 0 Å². The molecule has 7 nitrogen and oxygen atoms in total. The number of hydrogen-bond donors (Lipinski definition) is 1. The van der Waals surface area contributed by atoms with Gasteiger partial charge in [0.1, 0.15) is 0 Å². The molecule has 1 aromatic rings. The summed E-state index contributed by atoms with van der Waals surface area (Å²) in [4.78, 5) is 11.0. The summed E-state index contributed by atoms with van der Waals surface area (Å²) in [5.41, 5.74) is 0.569. The fourth-order valence-electron chi connectivity index (χ4n) is 2.39. The Balaban J connectivity index is 2.32. The van der Waals surface area contributed by atoms with Gasteiger partial charge in [-0.15, -0.1) is 0 Å². The SMILES string of the molecule is Cc1cnn(C)c1S(=O)(=O)N1CCCC(C(=O)O)C1. The minimum absolute atomic E-state index is 0.0300. The number of carboxylic acids is 1. The van der Waals surface area contributed by atoms with Crippen molar-refractivity contribution in [1.82, 2.24) is 14.1 Å². The highest BCUT2D eigenvalue weighted by Gasteiger charge is 2.35. The quantitative estimate of drug-likeness (QED) is 0.858. The van der Waals surface area contributed by atoms with E-state index < -0.39 is 21.9 Å². The third kappa shape index (κ3) is 2.50. The van der Waals surface area contributed by atoms with Crippen LogP contribution in [0.2, 0.25) is 0 Å². The molecule has 8 heteroatoms. The second-order valence-corrected chi connectivity index (χ2v) is 6.65. The lowest BCUT2D eigenvalue weighted by Gasteiger charge is -2.29. The zero-order valence-electron chi connectivity index (χ0n) is 10.9. The number of hydrogen-bond acceptors (Lipinski definition) is 4. The monoisotopic (exact) mass is 287 g/mol. The van der Waals surface area contributed by atoms with Crippen LogP contribution >= 0.6 is 0 Å². The van der Waals surface area contributed by atoms with Crippen LogP contribution in [-0.2, 0) is 21.9 Å². The Bertz CT molecular complexity index is 574. The van der Waals surface area contributed by atoms with E-state index in [4.69, 9.17) is 5.11 Å². The Kier molecular flexibility index (Phi) is 3.64. The summed E-state index contributed by atoms with van der Waals surface area (Å²) in [6.07, 6.45) is 2.57. The number of aliphatic carboxylic acids is 1. The highest BCUT2D eigenvalue weighted by Crippen LogP contribution is 2.25. The number of piperidine rings is 1. The van der Waals surface area contributed by atoms with Crippen molar-refractivity contribution in [3.63, 3.8) is 0 Å². The van der Waals surface area contributed by atoms with E-state index in [1.807, 2.05) is 0 Å². The molecular weight excluding hydrogens is 270 g/mol. The first-order valence-electron chi connectivity index (χ1n) is 6.05. The Morgan fingerprint density at radius 1 is 1.53 bits per heavy atom. The van der Waals surface area contributed by atoms with Crippen molar-refractivity contribution in [2.75, 3.05) is 13.1 Å². The van der Waals surface area contributed by atoms with E-state index >= 15 is 0 Å². The summed E-state index contributed by atoms with van der Waals surface area (Å²) in [6.45, 7) is 2.07. The molecule has 106 valence electrons. The number of sulfonamides is 1. The van der Waals surface area contributed by atoms with E-state index in [9.17, 15) is 13.2 Å². The third-order valence-electron chi connectivity index (χ3n) is 3.37. The molecule has 2 heterocycles. The molecule has 19 heavy (non-hydrogen) atoms. The predicted octanol–water partition coefficient (Wildman–Crippen LogP) is 0.214. The van der Waals surface area contributed by atoms with Gasteiger partial charge in [0.05, 0.1) is 12.1 Å². The molecule has 1 aliphatic rings. The largest absolute Gasteiger partial charge is 0.481 e. The molecule has 2 rings (SSSR count).